The van der Waals surface area contributed by atoms with Crippen LogP contribution in [0.5, 0.6) is 0 Å². The summed E-state index contributed by atoms with van der Waals surface area (Å²) < 4.78 is 0. The Labute approximate surface area is 98.4 Å². The van der Waals surface area contributed by atoms with Crippen LogP contribution in [0.1, 0.15) is 51.9 Å². The predicted octanol–water partition coefficient (Wildman–Crippen LogP) is 2.72. The van der Waals surface area contributed by atoms with Crippen molar-refractivity contribution in [1.82, 2.24) is 4.90 Å². The lowest BCUT2D eigenvalue weighted by molar-refractivity contribution is -0.135. The molecule has 1 fully saturated rings. The zero-order chi connectivity index (χ0) is 12.0. The Balaban J connectivity index is 2.53. The average Bonchev–Trinajstić information content (AvgIpc) is 2.26. The van der Waals surface area contributed by atoms with Crippen LogP contribution >= 0.6 is 0 Å². The largest absolute Gasteiger partial charge is 0.330 e. The zero-order valence-corrected chi connectivity index (χ0v) is 10.4. The van der Waals surface area contributed by atoms with Gasteiger partial charge < -0.3 is 4.90 Å². The van der Waals surface area contributed by atoms with E-state index in [2.05, 4.69) is 6.07 Å². The van der Waals surface area contributed by atoms with Crippen molar-refractivity contribution in [2.45, 2.75) is 57.9 Å². The summed E-state index contributed by atoms with van der Waals surface area (Å²) in [7, 11) is 1.75. The second kappa shape index (κ2) is 6.52. The topological polar surface area (TPSA) is 44.1 Å². The summed E-state index contributed by atoms with van der Waals surface area (Å²) in [4.78, 5) is 13.7. The van der Waals surface area contributed by atoms with E-state index >= 15 is 0 Å². The molecule has 1 aliphatic carbocycles. The SMILES string of the molecule is CC(C#N)N(C)C(=O)C1CCCCCCC1. The predicted molar refractivity (Wildman–Crippen MR) is 63.7 cm³/mol. The van der Waals surface area contributed by atoms with Crippen LogP contribution in [0.3, 0.4) is 0 Å². The molecule has 1 amide bonds. The summed E-state index contributed by atoms with van der Waals surface area (Å²) in [5, 5.41) is 8.81. The second-order valence-corrected chi connectivity index (χ2v) is 4.80. The molecule has 1 unspecified atom stereocenters. The van der Waals surface area contributed by atoms with Crippen LogP contribution in [-0.2, 0) is 4.79 Å². The lowest BCUT2D eigenvalue weighted by Crippen LogP contribution is -2.38. The molecule has 0 aromatic rings. The number of hydrogen-bond acceptors (Lipinski definition) is 2. The second-order valence-electron chi connectivity index (χ2n) is 4.80. The van der Waals surface area contributed by atoms with Gasteiger partial charge in [0.2, 0.25) is 5.91 Å². The third-order valence-electron chi connectivity index (χ3n) is 3.57. The maximum absolute atomic E-state index is 12.1. The monoisotopic (exact) mass is 222 g/mol. The number of nitrogens with zero attached hydrogens (tertiary/aromatic N) is 2. The fraction of sp³-hybridized carbons (Fsp3) is 0.846. The van der Waals surface area contributed by atoms with Crippen LogP contribution in [-0.4, -0.2) is 23.9 Å². The molecule has 1 atom stereocenters. The fourth-order valence-electron chi connectivity index (χ4n) is 2.27. The lowest BCUT2D eigenvalue weighted by atomic mass is 9.90. The van der Waals surface area contributed by atoms with Crippen molar-refractivity contribution in [2.75, 3.05) is 7.05 Å². The van der Waals surface area contributed by atoms with E-state index in [-0.39, 0.29) is 17.9 Å². The highest BCUT2D eigenvalue weighted by atomic mass is 16.2. The van der Waals surface area contributed by atoms with Crippen LogP contribution in [0, 0.1) is 17.2 Å². The Hall–Kier alpha value is -1.04. The van der Waals surface area contributed by atoms with Gasteiger partial charge in [0, 0.05) is 13.0 Å². The van der Waals surface area contributed by atoms with Gasteiger partial charge in [-0.1, -0.05) is 32.1 Å². The van der Waals surface area contributed by atoms with Gasteiger partial charge in [-0.05, 0) is 19.8 Å². The van der Waals surface area contributed by atoms with Crippen LogP contribution in [0.2, 0.25) is 0 Å². The first kappa shape index (κ1) is 13.0. The number of hydrogen-bond donors (Lipinski definition) is 0. The molecule has 0 heterocycles. The molecule has 0 aromatic carbocycles. The maximum Gasteiger partial charge on any atom is 0.226 e. The summed E-state index contributed by atoms with van der Waals surface area (Å²) in [6, 6.07) is 1.81. The first-order chi connectivity index (χ1) is 7.66. The van der Waals surface area contributed by atoms with Gasteiger partial charge in [0.1, 0.15) is 6.04 Å². The first-order valence-electron chi connectivity index (χ1n) is 6.33. The molecule has 0 saturated heterocycles. The Bertz CT molecular complexity index is 262. The molecule has 3 nitrogen and oxygen atoms in total. The fourth-order valence-corrected chi connectivity index (χ4v) is 2.27. The molecule has 0 radical (unpaired) electrons. The van der Waals surface area contributed by atoms with E-state index in [4.69, 9.17) is 5.26 Å². The Morgan fingerprint density at radius 1 is 1.25 bits per heavy atom. The van der Waals surface area contributed by atoms with Crippen molar-refractivity contribution < 1.29 is 4.79 Å². The molecule has 0 aromatic heterocycles. The summed E-state index contributed by atoms with van der Waals surface area (Å²) in [5.74, 6) is 0.317. The molecule has 16 heavy (non-hydrogen) atoms. The molecule has 90 valence electrons. The molecular weight excluding hydrogens is 200 g/mol. The van der Waals surface area contributed by atoms with Crippen molar-refractivity contribution >= 4 is 5.91 Å². The molecule has 3 heteroatoms. The van der Waals surface area contributed by atoms with Gasteiger partial charge in [0.15, 0.2) is 0 Å². The molecule has 0 aliphatic heterocycles. The minimum Gasteiger partial charge on any atom is -0.330 e. The first-order valence-corrected chi connectivity index (χ1v) is 6.33. The number of carbonyl (C=O) groups is 1. The van der Waals surface area contributed by atoms with Gasteiger partial charge >= 0.3 is 0 Å². The van der Waals surface area contributed by atoms with E-state index in [1.54, 1.807) is 18.9 Å². The highest BCUT2D eigenvalue weighted by Gasteiger charge is 2.24. The Morgan fingerprint density at radius 2 is 1.75 bits per heavy atom. The van der Waals surface area contributed by atoms with E-state index in [9.17, 15) is 4.79 Å². The molecule has 1 rings (SSSR count). The van der Waals surface area contributed by atoms with Crippen LogP contribution in [0.4, 0.5) is 0 Å². The van der Waals surface area contributed by atoms with Gasteiger partial charge in [-0.15, -0.1) is 0 Å². The third kappa shape index (κ3) is 3.52. The van der Waals surface area contributed by atoms with Crippen molar-refractivity contribution in [3.8, 4) is 6.07 Å². The van der Waals surface area contributed by atoms with Crippen molar-refractivity contribution in [3.63, 3.8) is 0 Å². The quantitative estimate of drug-likeness (QED) is 0.721. The summed E-state index contributed by atoms with van der Waals surface area (Å²) in [6.07, 6.45) is 8.13. The number of rotatable bonds is 2. The minimum absolute atomic E-state index is 0.154. The van der Waals surface area contributed by atoms with Gasteiger partial charge in [-0.3, -0.25) is 4.79 Å². The van der Waals surface area contributed by atoms with Crippen molar-refractivity contribution in [3.05, 3.63) is 0 Å². The standard InChI is InChI=1S/C13H22N2O/c1-11(10-14)15(2)13(16)12-8-6-4-3-5-7-9-12/h11-12H,3-9H2,1-2H3. The molecular formula is C13H22N2O. The van der Waals surface area contributed by atoms with Gasteiger partial charge in [0.25, 0.3) is 0 Å². The summed E-state index contributed by atoms with van der Waals surface area (Å²) in [5.41, 5.74) is 0. The lowest BCUT2D eigenvalue weighted by Gasteiger charge is -2.26. The van der Waals surface area contributed by atoms with E-state index in [0.29, 0.717) is 0 Å². The van der Waals surface area contributed by atoms with E-state index < -0.39 is 0 Å². The zero-order valence-electron chi connectivity index (χ0n) is 10.4. The molecule has 0 spiro atoms. The molecule has 1 saturated carbocycles. The van der Waals surface area contributed by atoms with E-state index in [1.165, 1.54) is 19.3 Å². The minimum atomic E-state index is -0.307. The van der Waals surface area contributed by atoms with Crippen LogP contribution in [0.25, 0.3) is 0 Å². The third-order valence-corrected chi connectivity index (χ3v) is 3.57. The molecule has 0 N–H and O–H groups in total. The smallest absolute Gasteiger partial charge is 0.226 e. The van der Waals surface area contributed by atoms with Crippen molar-refractivity contribution in [1.29, 1.82) is 5.26 Å². The number of carbonyl (C=O) groups excluding carboxylic acids is 1. The number of amides is 1. The Kier molecular flexibility index (Phi) is 5.31. The number of nitriles is 1. The summed E-state index contributed by atoms with van der Waals surface area (Å²) >= 11 is 0. The van der Waals surface area contributed by atoms with Gasteiger partial charge in [0.05, 0.1) is 6.07 Å². The highest BCUT2D eigenvalue weighted by Crippen LogP contribution is 2.24. The van der Waals surface area contributed by atoms with Crippen molar-refractivity contribution in [2.24, 2.45) is 5.92 Å². The van der Waals surface area contributed by atoms with E-state index in [0.717, 1.165) is 25.7 Å². The van der Waals surface area contributed by atoms with E-state index in [1.807, 2.05) is 0 Å². The Morgan fingerprint density at radius 3 is 2.25 bits per heavy atom. The highest BCUT2D eigenvalue weighted by molar-refractivity contribution is 5.79. The summed E-state index contributed by atoms with van der Waals surface area (Å²) in [6.45, 7) is 1.78. The average molecular weight is 222 g/mol. The van der Waals surface area contributed by atoms with Crippen LogP contribution < -0.4 is 0 Å². The van der Waals surface area contributed by atoms with Crippen LogP contribution in [0.15, 0.2) is 0 Å². The van der Waals surface area contributed by atoms with Gasteiger partial charge in [-0.25, -0.2) is 0 Å². The normalized spacial score (nSPS) is 20.3. The van der Waals surface area contributed by atoms with Gasteiger partial charge in [-0.2, -0.15) is 5.26 Å². The molecule has 0 bridgehead atoms. The maximum atomic E-state index is 12.1. The molecule has 1 aliphatic rings.